The summed E-state index contributed by atoms with van der Waals surface area (Å²) in [5.41, 5.74) is 6.38. The summed E-state index contributed by atoms with van der Waals surface area (Å²) >= 11 is 5.86. The average Bonchev–Trinajstić information content (AvgIpc) is 2.84. The number of nitrogens with two attached hydrogens (primary N) is 1. The van der Waals surface area contributed by atoms with E-state index in [4.69, 9.17) is 17.3 Å². The Balaban J connectivity index is 2.37. The molecule has 2 rings (SSSR count). The van der Waals surface area contributed by atoms with E-state index >= 15 is 0 Å². The highest BCUT2D eigenvalue weighted by Crippen LogP contribution is 2.25. The van der Waals surface area contributed by atoms with E-state index in [1.165, 1.54) is 22.9 Å². The summed E-state index contributed by atoms with van der Waals surface area (Å²) in [5.74, 6) is 0. The van der Waals surface area contributed by atoms with Crippen LogP contribution in [0.2, 0.25) is 5.02 Å². The van der Waals surface area contributed by atoms with Crippen molar-refractivity contribution in [3.8, 4) is 5.69 Å². The fraction of sp³-hybridized carbons (Fsp3) is 0.273. The molecule has 1 aromatic carbocycles. The summed E-state index contributed by atoms with van der Waals surface area (Å²) in [6.07, 6.45) is 3.12. The van der Waals surface area contributed by atoms with Gasteiger partial charge in [-0.2, -0.15) is 0 Å². The third kappa shape index (κ3) is 3.07. The summed E-state index contributed by atoms with van der Waals surface area (Å²) < 4.78 is 1.36. The first-order chi connectivity index (χ1) is 9.11. The molecule has 0 fully saturated rings. The Morgan fingerprint density at radius 1 is 1.47 bits per heavy atom. The molecule has 2 N–H and O–H groups in total. The summed E-state index contributed by atoms with van der Waals surface area (Å²) in [4.78, 5) is 10.5. The summed E-state index contributed by atoms with van der Waals surface area (Å²) in [5, 5.41) is 19.2. The Bertz CT molecular complexity index is 599. The van der Waals surface area contributed by atoms with Crippen molar-refractivity contribution in [1.29, 1.82) is 0 Å². The molecular weight excluding hydrogens is 270 g/mol. The van der Waals surface area contributed by atoms with Crippen molar-refractivity contribution in [3.63, 3.8) is 0 Å². The highest BCUT2D eigenvalue weighted by Gasteiger charge is 2.17. The van der Waals surface area contributed by atoms with Crippen LogP contribution in [0.5, 0.6) is 0 Å². The Morgan fingerprint density at radius 3 is 2.95 bits per heavy atom. The first kappa shape index (κ1) is 13.4. The maximum absolute atomic E-state index is 11.0. The Morgan fingerprint density at radius 2 is 2.26 bits per heavy atom. The lowest BCUT2D eigenvalue weighted by Gasteiger charge is -2.02. The Labute approximate surface area is 114 Å². The molecule has 0 saturated heterocycles. The zero-order chi connectivity index (χ0) is 13.8. The number of aromatic nitrogens is 3. The van der Waals surface area contributed by atoms with Gasteiger partial charge < -0.3 is 5.73 Å². The van der Waals surface area contributed by atoms with Crippen molar-refractivity contribution in [2.45, 2.75) is 12.8 Å². The molecule has 0 amide bonds. The summed E-state index contributed by atoms with van der Waals surface area (Å²) in [6, 6.07) is 4.30. The lowest BCUT2D eigenvalue weighted by molar-refractivity contribution is -0.384. The minimum atomic E-state index is -0.479. The van der Waals surface area contributed by atoms with Crippen molar-refractivity contribution in [2.24, 2.45) is 5.73 Å². The molecule has 7 nitrogen and oxygen atoms in total. The fourth-order valence-corrected chi connectivity index (χ4v) is 1.81. The maximum Gasteiger partial charge on any atom is 0.295 e. The minimum Gasteiger partial charge on any atom is -0.330 e. The number of halogens is 1. The first-order valence-corrected chi connectivity index (χ1v) is 6.05. The van der Waals surface area contributed by atoms with E-state index in [-0.39, 0.29) is 5.69 Å². The normalized spacial score (nSPS) is 10.6. The molecule has 2 aromatic rings. The number of hydrogen-bond donors (Lipinski definition) is 1. The summed E-state index contributed by atoms with van der Waals surface area (Å²) in [7, 11) is 0. The molecular formula is C11H12ClN5O2. The molecule has 0 aliphatic rings. The molecule has 1 heterocycles. The van der Waals surface area contributed by atoms with Gasteiger partial charge in [0.1, 0.15) is 5.69 Å². The highest BCUT2D eigenvalue weighted by atomic mass is 35.5. The van der Waals surface area contributed by atoms with E-state index in [1.54, 1.807) is 6.20 Å². The van der Waals surface area contributed by atoms with Crippen molar-refractivity contribution in [2.75, 3.05) is 6.54 Å². The van der Waals surface area contributed by atoms with Gasteiger partial charge in [0, 0.05) is 11.1 Å². The van der Waals surface area contributed by atoms with Gasteiger partial charge in [-0.25, -0.2) is 4.68 Å². The molecule has 0 spiro atoms. The Kier molecular flexibility index (Phi) is 4.08. The first-order valence-electron chi connectivity index (χ1n) is 5.67. The molecule has 0 saturated carbocycles. The van der Waals surface area contributed by atoms with Crippen LogP contribution >= 0.6 is 11.6 Å². The number of nitro benzene ring substituents is 1. The molecule has 0 aliphatic carbocycles. The van der Waals surface area contributed by atoms with E-state index in [1.807, 2.05) is 0 Å². The predicted molar refractivity (Wildman–Crippen MR) is 70.4 cm³/mol. The predicted octanol–water partition coefficient (Wildman–Crippen LogP) is 1.72. The molecule has 8 heteroatoms. The highest BCUT2D eigenvalue weighted by molar-refractivity contribution is 6.30. The van der Waals surface area contributed by atoms with E-state index in [2.05, 4.69) is 10.3 Å². The SMILES string of the molecule is NCCCc1cn(-c2cc(Cl)ccc2[N+](=O)[O-])nn1. The molecule has 0 radical (unpaired) electrons. The van der Waals surface area contributed by atoms with Crippen LogP contribution in [0.25, 0.3) is 5.69 Å². The Hall–Kier alpha value is -1.99. The number of hydrogen-bond acceptors (Lipinski definition) is 5. The van der Waals surface area contributed by atoms with Crippen molar-refractivity contribution in [3.05, 3.63) is 45.2 Å². The van der Waals surface area contributed by atoms with Crippen LogP contribution in [0, 0.1) is 10.1 Å². The van der Waals surface area contributed by atoms with Crippen molar-refractivity contribution >= 4 is 17.3 Å². The van der Waals surface area contributed by atoms with Gasteiger partial charge in [-0.05, 0) is 31.5 Å². The summed E-state index contributed by atoms with van der Waals surface area (Å²) in [6.45, 7) is 0.560. The van der Waals surface area contributed by atoms with E-state index in [0.29, 0.717) is 23.7 Å². The van der Waals surface area contributed by atoms with Crippen LogP contribution in [0.1, 0.15) is 12.1 Å². The maximum atomic E-state index is 11.0. The monoisotopic (exact) mass is 281 g/mol. The smallest absolute Gasteiger partial charge is 0.295 e. The quantitative estimate of drug-likeness (QED) is 0.664. The van der Waals surface area contributed by atoms with Gasteiger partial charge in [-0.15, -0.1) is 5.10 Å². The molecule has 19 heavy (non-hydrogen) atoms. The standard InChI is InChI=1S/C11H12ClN5O2/c12-8-3-4-10(17(18)19)11(6-8)16-7-9(14-15-16)2-1-5-13/h3-4,6-7H,1-2,5,13H2. The van der Waals surface area contributed by atoms with Gasteiger partial charge in [-0.1, -0.05) is 16.8 Å². The van der Waals surface area contributed by atoms with Crippen LogP contribution in [0.4, 0.5) is 5.69 Å². The lowest BCUT2D eigenvalue weighted by Crippen LogP contribution is -2.01. The van der Waals surface area contributed by atoms with E-state index < -0.39 is 4.92 Å². The van der Waals surface area contributed by atoms with Crippen molar-refractivity contribution < 1.29 is 4.92 Å². The van der Waals surface area contributed by atoms with Gasteiger partial charge in [0.05, 0.1) is 16.8 Å². The van der Waals surface area contributed by atoms with Gasteiger partial charge in [0.2, 0.25) is 0 Å². The molecule has 0 bridgehead atoms. The second-order valence-electron chi connectivity index (χ2n) is 3.94. The molecule has 1 aromatic heterocycles. The van der Waals surface area contributed by atoms with Crippen molar-refractivity contribution in [1.82, 2.24) is 15.0 Å². The number of nitro groups is 1. The molecule has 0 atom stereocenters. The van der Waals surface area contributed by atoms with Gasteiger partial charge in [0.25, 0.3) is 5.69 Å². The second kappa shape index (κ2) is 5.77. The second-order valence-corrected chi connectivity index (χ2v) is 4.37. The molecule has 100 valence electrons. The zero-order valence-electron chi connectivity index (χ0n) is 9.99. The van der Waals surface area contributed by atoms with Gasteiger partial charge >= 0.3 is 0 Å². The molecule has 0 aliphatic heterocycles. The van der Waals surface area contributed by atoms with Crippen LogP contribution < -0.4 is 5.73 Å². The third-order valence-electron chi connectivity index (χ3n) is 2.56. The number of benzene rings is 1. The van der Waals surface area contributed by atoms with Crippen LogP contribution in [0.3, 0.4) is 0 Å². The average molecular weight is 282 g/mol. The van der Waals surface area contributed by atoms with E-state index in [0.717, 1.165) is 12.1 Å². The van der Waals surface area contributed by atoms with Crippen LogP contribution in [-0.4, -0.2) is 26.5 Å². The lowest BCUT2D eigenvalue weighted by atomic mass is 10.2. The zero-order valence-corrected chi connectivity index (χ0v) is 10.7. The largest absolute Gasteiger partial charge is 0.330 e. The van der Waals surface area contributed by atoms with Gasteiger partial charge in [-0.3, -0.25) is 10.1 Å². The van der Waals surface area contributed by atoms with Gasteiger partial charge in [0.15, 0.2) is 0 Å². The van der Waals surface area contributed by atoms with Crippen LogP contribution in [-0.2, 0) is 6.42 Å². The third-order valence-corrected chi connectivity index (χ3v) is 2.79. The number of aryl methyl sites for hydroxylation is 1. The number of nitrogens with zero attached hydrogens (tertiary/aromatic N) is 4. The topological polar surface area (TPSA) is 99.9 Å². The fourth-order valence-electron chi connectivity index (χ4n) is 1.65. The minimum absolute atomic E-state index is 0.0697. The molecule has 0 unspecified atom stereocenters. The number of rotatable bonds is 5. The van der Waals surface area contributed by atoms with E-state index in [9.17, 15) is 10.1 Å². The van der Waals surface area contributed by atoms with Crippen LogP contribution in [0.15, 0.2) is 24.4 Å².